The third-order valence-corrected chi connectivity index (χ3v) is 4.65. The van der Waals surface area contributed by atoms with Crippen LogP contribution in [-0.4, -0.2) is 12.6 Å². The van der Waals surface area contributed by atoms with Crippen molar-refractivity contribution in [2.45, 2.75) is 71.4 Å². The molecule has 0 heterocycles. The van der Waals surface area contributed by atoms with Gasteiger partial charge in [0.15, 0.2) is 0 Å². The Labute approximate surface area is 130 Å². The number of hydrogen-bond donors (Lipinski definition) is 1. The lowest BCUT2D eigenvalue weighted by molar-refractivity contribution is 0.102. The van der Waals surface area contributed by atoms with Crippen molar-refractivity contribution >= 4 is 0 Å². The van der Waals surface area contributed by atoms with Gasteiger partial charge in [-0.1, -0.05) is 39.3 Å². The van der Waals surface area contributed by atoms with Crippen LogP contribution in [0.2, 0.25) is 0 Å². The standard InChI is InChI=1S/C19H31NO/c1-4-14-20-18(5-2)16-10-12-17(13-11-16)21-19-9-7-6-8-15(19)3/h10-13,15,18-20H,4-9,14H2,1-3H3. The number of rotatable bonds is 7. The van der Waals surface area contributed by atoms with Crippen molar-refractivity contribution in [3.63, 3.8) is 0 Å². The lowest BCUT2D eigenvalue weighted by Gasteiger charge is -2.29. The molecular weight excluding hydrogens is 258 g/mol. The highest BCUT2D eigenvalue weighted by molar-refractivity contribution is 5.29. The third kappa shape index (κ3) is 4.74. The van der Waals surface area contributed by atoms with Gasteiger partial charge in [0.25, 0.3) is 0 Å². The van der Waals surface area contributed by atoms with Crippen molar-refractivity contribution in [1.82, 2.24) is 5.32 Å². The average molecular weight is 289 g/mol. The van der Waals surface area contributed by atoms with Gasteiger partial charge in [-0.3, -0.25) is 0 Å². The van der Waals surface area contributed by atoms with E-state index in [0.717, 1.165) is 18.7 Å². The minimum absolute atomic E-state index is 0.407. The minimum atomic E-state index is 0.407. The maximum Gasteiger partial charge on any atom is 0.119 e. The summed E-state index contributed by atoms with van der Waals surface area (Å²) in [6.45, 7) is 7.85. The highest BCUT2D eigenvalue weighted by atomic mass is 16.5. The van der Waals surface area contributed by atoms with E-state index in [9.17, 15) is 0 Å². The molecule has 1 fully saturated rings. The Kier molecular flexibility index (Phi) is 6.56. The van der Waals surface area contributed by atoms with E-state index in [2.05, 4.69) is 50.4 Å². The third-order valence-electron chi connectivity index (χ3n) is 4.65. The molecule has 2 nitrogen and oxygen atoms in total. The van der Waals surface area contributed by atoms with Crippen molar-refractivity contribution in [3.05, 3.63) is 29.8 Å². The molecule has 1 saturated carbocycles. The highest BCUT2D eigenvalue weighted by Crippen LogP contribution is 2.28. The van der Waals surface area contributed by atoms with Gasteiger partial charge in [0, 0.05) is 6.04 Å². The van der Waals surface area contributed by atoms with Crippen molar-refractivity contribution < 1.29 is 4.74 Å². The molecule has 21 heavy (non-hydrogen) atoms. The molecule has 3 unspecified atom stereocenters. The Hall–Kier alpha value is -1.02. The summed E-state index contributed by atoms with van der Waals surface area (Å²) >= 11 is 0. The summed E-state index contributed by atoms with van der Waals surface area (Å²) in [6, 6.07) is 9.20. The molecule has 0 aromatic heterocycles. The number of nitrogens with one attached hydrogen (secondary N) is 1. The van der Waals surface area contributed by atoms with E-state index in [-0.39, 0.29) is 0 Å². The summed E-state index contributed by atoms with van der Waals surface area (Å²) in [7, 11) is 0. The van der Waals surface area contributed by atoms with E-state index in [0.29, 0.717) is 18.1 Å². The lowest BCUT2D eigenvalue weighted by atomic mass is 9.88. The molecule has 118 valence electrons. The van der Waals surface area contributed by atoms with Crippen molar-refractivity contribution in [2.75, 3.05) is 6.54 Å². The normalized spacial score (nSPS) is 23.8. The molecule has 0 spiro atoms. The first-order valence-electron chi connectivity index (χ1n) is 8.74. The van der Waals surface area contributed by atoms with Crippen LogP contribution in [0.1, 0.15) is 70.9 Å². The summed E-state index contributed by atoms with van der Waals surface area (Å²) in [4.78, 5) is 0. The second kappa shape index (κ2) is 8.43. The van der Waals surface area contributed by atoms with Crippen LogP contribution in [0.3, 0.4) is 0 Å². The Balaban J connectivity index is 1.94. The van der Waals surface area contributed by atoms with E-state index in [4.69, 9.17) is 4.74 Å². The molecule has 3 atom stereocenters. The molecule has 1 aromatic carbocycles. The van der Waals surface area contributed by atoms with Crippen LogP contribution in [0, 0.1) is 5.92 Å². The summed E-state index contributed by atoms with van der Waals surface area (Å²) in [5.41, 5.74) is 1.37. The van der Waals surface area contributed by atoms with Gasteiger partial charge < -0.3 is 10.1 Å². The van der Waals surface area contributed by atoms with Gasteiger partial charge in [-0.2, -0.15) is 0 Å². The van der Waals surface area contributed by atoms with Crippen LogP contribution < -0.4 is 10.1 Å². The average Bonchev–Trinajstić information content (AvgIpc) is 2.52. The van der Waals surface area contributed by atoms with Gasteiger partial charge in [-0.15, -0.1) is 0 Å². The van der Waals surface area contributed by atoms with Gasteiger partial charge in [0.05, 0.1) is 0 Å². The molecule has 0 amide bonds. The molecule has 2 heteroatoms. The molecule has 1 aliphatic carbocycles. The molecule has 1 aliphatic rings. The van der Waals surface area contributed by atoms with E-state index in [1.807, 2.05) is 0 Å². The Morgan fingerprint density at radius 3 is 2.48 bits per heavy atom. The van der Waals surface area contributed by atoms with Crippen LogP contribution in [0.4, 0.5) is 0 Å². The number of benzene rings is 1. The van der Waals surface area contributed by atoms with E-state index < -0.39 is 0 Å². The highest BCUT2D eigenvalue weighted by Gasteiger charge is 2.22. The fourth-order valence-electron chi connectivity index (χ4n) is 3.23. The second-order valence-electron chi connectivity index (χ2n) is 6.40. The first-order valence-corrected chi connectivity index (χ1v) is 8.74. The van der Waals surface area contributed by atoms with E-state index in [1.54, 1.807) is 0 Å². The molecule has 0 saturated heterocycles. The Morgan fingerprint density at radius 2 is 1.86 bits per heavy atom. The molecular formula is C19H31NO. The maximum atomic E-state index is 6.20. The van der Waals surface area contributed by atoms with Crippen molar-refractivity contribution in [1.29, 1.82) is 0 Å². The van der Waals surface area contributed by atoms with Crippen LogP contribution in [0.25, 0.3) is 0 Å². The summed E-state index contributed by atoms with van der Waals surface area (Å²) < 4.78 is 6.20. The minimum Gasteiger partial charge on any atom is -0.490 e. The van der Waals surface area contributed by atoms with Gasteiger partial charge in [0.2, 0.25) is 0 Å². The van der Waals surface area contributed by atoms with Gasteiger partial charge in [0.1, 0.15) is 11.9 Å². The summed E-state index contributed by atoms with van der Waals surface area (Å²) in [5, 5.41) is 3.60. The van der Waals surface area contributed by atoms with Crippen molar-refractivity contribution in [3.8, 4) is 5.75 Å². The predicted octanol–water partition coefficient (Wildman–Crippen LogP) is 5.09. The molecule has 0 radical (unpaired) electrons. The SMILES string of the molecule is CCCNC(CC)c1ccc(OC2CCCCC2C)cc1. The maximum absolute atomic E-state index is 6.20. The molecule has 0 aliphatic heterocycles. The van der Waals surface area contributed by atoms with E-state index in [1.165, 1.54) is 37.7 Å². The fourth-order valence-corrected chi connectivity index (χ4v) is 3.23. The zero-order chi connectivity index (χ0) is 15.1. The van der Waals surface area contributed by atoms with Crippen LogP contribution in [0.15, 0.2) is 24.3 Å². The fraction of sp³-hybridized carbons (Fsp3) is 0.684. The topological polar surface area (TPSA) is 21.3 Å². The monoisotopic (exact) mass is 289 g/mol. The van der Waals surface area contributed by atoms with Crippen LogP contribution >= 0.6 is 0 Å². The Bertz CT molecular complexity index is 401. The van der Waals surface area contributed by atoms with Crippen LogP contribution in [0.5, 0.6) is 5.75 Å². The number of hydrogen-bond acceptors (Lipinski definition) is 2. The largest absolute Gasteiger partial charge is 0.490 e. The first-order chi connectivity index (χ1) is 10.2. The second-order valence-corrected chi connectivity index (χ2v) is 6.40. The smallest absolute Gasteiger partial charge is 0.119 e. The zero-order valence-corrected chi connectivity index (χ0v) is 13.9. The van der Waals surface area contributed by atoms with Crippen LogP contribution in [-0.2, 0) is 0 Å². The quantitative estimate of drug-likeness (QED) is 0.754. The van der Waals surface area contributed by atoms with Gasteiger partial charge in [-0.25, -0.2) is 0 Å². The summed E-state index contributed by atoms with van der Waals surface area (Å²) in [6.07, 6.45) is 7.90. The number of ether oxygens (including phenoxy) is 1. The summed E-state index contributed by atoms with van der Waals surface area (Å²) in [5.74, 6) is 1.72. The van der Waals surface area contributed by atoms with Gasteiger partial charge in [-0.05, 0) is 62.3 Å². The molecule has 1 aromatic rings. The first kappa shape index (κ1) is 16.4. The molecule has 0 bridgehead atoms. The van der Waals surface area contributed by atoms with Gasteiger partial charge >= 0.3 is 0 Å². The zero-order valence-electron chi connectivity index (χ0n) is 13.9. The molecule has 1 N–H and O–H groups in total. The Morgan fingerprint density at radius 1 is 1.14 bits per heavy atom. The van der Waals surface area contributed by atoms with E-state index >= 15 is 0 Å². The molecule has 2 rings (SSSR count). The van der Waals surface area contributed by atoms with Crippen molar-refractivity contribution in [2.24, 2.45) is 5.92 Å². The predicted molar refractivity (Wildman–Crippen MR) is 89.8 cm³/mol. The lowest BCUT2D eigenvalue weighted by Crippen LogP contribution is -2.28.